The lowest BCUT2D eigenvalue weighted by atomic mass is 10.1. The molecular weight excluding hydrogens is 344 g/mol. The third kappa shape index (κ3) is 2.87. The monoisotopic (exact) mass is 355 g/mol. The second-order valence-electron chi connectivity index (χ2n) is 3.88. The van der Waals surface area contributed by atoms with Crippen LogP contribution in [0.2, 0.25) is 0 Å². The van der Waals surface area contributed by atoms with Crippen molar-refractivity contribution in [1.82, 2.24) is 0 Å². The van der Waals surface area contributed by atoms with Crippen molar-refractivity contribution in [3.05, 3.63) is 63.0 Å². The molecule has 0 aliphatic heterocycles. The van der Waals surface area contributed by atoms with Crippen LogP contribution in [0.3, 0.4) is 0 Å². The molecule has 0 saturated heterocycles. The number of hydrogen-bond acceptors (Lipinski definition) is 1. The molecule has 92 valence electrons. The molecule has 1 N–H and O–H groups in total. The fourth-order valence-corrected chi connectivity index (χ4v) is 2.11. The SMILES string of the molecule is Cc1c(F)cccc1NC(=O)c1cccc(I)c1. The van der Waals surface area contributed by atoms with E-state index in [1.165, 1.54) is 6.07 Å². The zero-order valence-corrected chi connectivity index (χ0v) is 11.9. The Labute approximate surface area is 118 Å². The van der Waals surface area contributed by atoms with Crippen LogP contribution in [0, 0.1) is 16.3 Å². The average molecular weight is 355 g/mol. The molecule has 0 unspecified atom stereocenters. The van der Waals surface area contributed by atoms with Gasteiger partial charge in [0, 0.05) is 20.4 Å². The fourth-order valence-electron chi connectivity index (χ4n) is 1.57. The smallest absolute Gasteiger partial charge is 0.255 e. The summed E-state index contributed by atoms with van der Waals surface area (Å²) in [4.78, 5) is 12.0. The zero-order valence-electron chi connectivity index (χ0n) is 9.71. The number of anilines is 1. The van der Waals surface area contributed by atoms with Gasteiger partial charge in [-0.1, -0.05) is 12.1 Å². The van der Waals surface area contributed by atoms with Gasteiger partial charge in [-0.05, 0) is 59.8 Å². The largest absolute Gasteiger partial charge is 0.322 e. The lowest BCUT2D eigenvalue weighted by molar-refractivity contribution is 0.102. The van der Waals surface area contributed by atoms with Gasteiger partial charge in [0.05, 0.1) is 0 Å². The van der Waals surface area contributed by atoms with Gasteiger partial charge < -0.3 is 5.32 Å². The highest BCUT2D eigenvalue weighted by molar-refractivity contribution is 14.1. The standard InChI is InChI=1S/C14H11FINO/c1-9-12(15)6-3-7-13(9)17-14(18)10-4-2-5-11(16)8-10/h2-8H,1H3,(H,17,18). The Morgan fingerprint density at radius 1 is 1.22 bits per heavy atom. The van der Waals surface area contributed by atoms with Gasteiger partial charge in [0.2, 0.25) is 0 Å². The summed E-state index contributed by atoms with van der Waals surface area (Å²) in [5.74, 6) is -0.558. The quantitative estimate of drug-likeness (QED) is 0.811. The summed E-state index contributed by atoms with van der Waals surface area (Å²) in [5.41, 5.74) is 1.50. The maximum absolute atomic E-state index is 13.3. The maximum Gasteiger partial charge on any atom is 0.255 e. The molecular formula is C14H11FINO. The van der Waals surface area contributed by atoms with Crippen LogP contribution in [0.5, 0.6) is 0 Å². The van der Waals surface area contributed by atoms with E-state index in [0.717, 1.165) is 3.57 Å². The van der Waals surface area contributed by atoms with Crippen molar-refractivity contribution in [2.24, 2.45) is 0 Å². The van der Waals surface area contributed by atoms with E-state index in [4.69, 9.17) is 0 Å². The lowest BCUT2D eigenvalue weighted by Crippen LogP contribution is -2.13. The number of nitrogens with one attached hydrogen (secondary N) is 1. The average Bonchev–Trinajstić information content (AvgIpc) is 2.35. The third-order valence-electron chi connectivity index (χ3n) is 2.60. The topological polar surface area (TPSA) is 29.1 Å². The Hall–Kier alpha value is -1.43. The molecule has 0 atom stereocenters. The summed E-state index contributed by atoms with van der Waals surface area (Å²) in [7, 11) is 0. The summed E-state index contributed by atoms with van der Waals surface area (Å²) in [6.07, 6.45) is 0. The highest BCUT2D eigenvalue weighted by atomic mass is 127. The van der Waals surface area contributed by atoms with Crippen LogP contribution in [0.4, 0.5) is 10.1 Å². The maximum atomic E-state index is 13.3. The molecule has 0 aliphatic carbocycles. The molecule has 18 heavy (non-hydrogen) atoms. The van der Waals surface area contributed by atoms with E-state index in [2.05, 4.69) is 27.9 Å². The van der Waals surface area contributed by atoms with Crippen LogP contribution in [0.15, 0.2) is 42.5 Å². The van der Waals surface area contributed by atoms with Gasteiger partial charge >= 0.3 is 0 Å². The Balaban J connectivity index is 2.24. The first kappa shape index (κ1) is 13.0. The van der Waals surface area contributed by atoms with Crippen molar-refractivity contribution < 1.29 is 9.18 Å². The molecule has 4 heteroatoms. The molecule has 0 spiro atoms. The summed E-state index contributed by atoms with van der Waals surface area (Å²) in [6.45, 7) is 1.64. The molecule has 1 amide bonds. The fraction of sp³-hybridized carbons (Fsp3) is 0.0714. The van der Waals surface area contributed by atoms with Crippen molar-refractivity contribution in [3.63, 3.8) is 0 Å². The summed E-state index contributed by atoms with van der Waals surface area (Å²) < 4.78 is 14.3. The van der Waals surface area contributed by atoms with Gasteiger partial charge in [-0.3, -0.25) is 4.79 Å². The second-order valence-corrected chi connectivity index (χ2v) is 5.12. The Morgan fingerprint density at radius 3 is 2.67 bits per heavy atom. The van der Waals surface area contributed by atoms with E-state index in [9.17, 15) is 9.18 Å². The zero-order chi connectivity index (χ0) is 13.1. The number of rotatable bonds is 2. The van der Waals surface area contributed by atoms with Crippen LogP contribution >= 0.6 is 22.6 Å². The molecule has 0 saturated carbocycles. The Bertz CT molecular complexity index is 598. The number of halogens is 2. The molecule has 2 aromatic carbocycles. The van der Waals surface area contributed by atoms with Crippen molar-refractivity contribution in [3.8, 4) is 0 Å². The van der Waals surface area contributed by atoms with Crippen LogP contribution in [0.1, 0.15) is 15.9 Å². The minimum Gasteiger partial charge on any atom is -0.322 e. The van der Waals surface area contributed by atoms with Crippen LogP contribution < -0.4 is 5.32 Å². The molecule has 0 aliphatic rings. The third-order valence-corrected chi connectivity index (χ3v) is 3.27. The van der Waals surface area contributed by atoms with Gasteiger partial charge in [0.15, 0.2) is 0 Å². The molecule has 2 nitrogen and oxygen atoms in total. The molecule has 2 rings (SSSR count). The van der Waals surface area contributed by atoms with Crippen molar-refractivity contribution in [2.75, 3.05) is 5.32 Å². The molecule has 0 heterocycles. The first-order chi connectivity index (χ1) is 8.58. The van der Waals surface area contributed by atoms with E-state index < -0.39 is 0 Å². The lowest BCUT2D eigenvalue weighted by Gasteiger charge is -2.09. The minimum absolute atomic E-state index is 0.234. The number of hydrogen-bond donors (Lipinski definition) is 1. The molecule has 0 bridgehead atoms. The van der Waals surface area contributed by atoms with E-state index >= 15 is 0 Å². The normalized spacial score (nSPS) is 10.2. The van der Waals surface area contributed by atoms with Crippen molar-refractivity contribution >= 4 is 34.2 Å². The molecule has 0 radical (unpaired) electrons. The number of carbonyl (C=O) groups excluding carboxylic acids is 1. The van der Waals surface area contributed by atoms with Crippen LogP contribution in [0.25, 0.3) is 0 Å². The van der Waals surface area contributed by atoms with Crippen molar-refractivity contribution in [1.29, 1.82) is 0 Å². The first-order valence-electron chi connectivity index (χ1n) is 5.40. The predicted octanol–water partition coefficient (Wildman–Crippen LogP) is 3.99. The van der Waals surface area contributed by atoms with Gasteiger partial charge in [0.1, 0.15) is 5.82 Å². The van der Waals surface area contributed by atoms with Crippen LogP contribution in [-0.2, 0) is 0 Å². The van der Waals surface area contributed by atoms with Crippen molar-refractivity contribution in [2.45, 2.75) is 6.92 Å². The minimum atomic E-state index is -0.324. The summed E-state index contributed by atoms with van der Waals surface area (Å²) >= 11 is 2.14. The predicted molar refractivity (Wildman–Crippen MR) is 78.2 cm³/mol. The highest BCUT2D eigenvalue weighted by Gasteiger charge is 2.09. The Kier molecular flexibility index (Phi) is 3.96. The second kappa shape index (κ2) is 5.48. The first-order valence-corrected chi connectivity index (χ1v) is 6.48. The van der Waals surface area contributed by atoms with E-state index in [0.29, 0.717) is 16.8 Å². The Morgan fingerprint density at radius 2 is 1.94 bits per heavy atom. The number of amides is 1. The van der Waals surface area contributed by atoms with E-state index in [1.54, 1.807) is 31.2 Å². The van der Waals surface area contributed by atoms with Gasteiger partial charge in [-0.2, -0.15) is 0 Å². The van der Waals surface area contributed by atoms with Gasteiger partial charge in [-0.15, -0.1) is 0 Å². The van der Waals surface area contributed by atoms with E-state index in [-0.39, 0.29) is 11.7 Å². The van der Waals surface area contributed by atoms with Gasteiger partial charge in [-0.25, -0.2) is 4.39 Å². The van der Waals surface area contributed by atoms with Gasteiger partial charge in [0.25, 0.3) is 5.91 Å². The number of benzene rings is 2. The van der Waals surface area contributed by atoms with E-state index in [1.807, 2.05) is 12.1 Å². The summed E-state index contributed by atoms with van der Waals surface area (Å²) in [6, 6.07) is 11.9. The summed E-state index contributed by atoms with van der Waals surface area (Å²) in [5, 5.41) is 2.71. The van der Waals surface area contributed by atoms with Crippen LogP contribution in [-0.4, -0.2) is 5.91 Å². The molecule has 0 aromatic heterocycles. The molecule has 2 aromatic rings. The molecule has 0 fully saturated rings. The number of carbonyl (C=O) groups is 1. The highest BCUT2D eigenvalue weighted by Crippen LogP contribution is 2.18.